The lowest BCUT2D eigenvalue weighted by molar-refractivity contribution is 0.460. The molecule has 2 rings (SSSR count). The number of nitrogens with one attached hydrogen (secondary N) is 2. The second-order valence-corrected chi connectivity index (χ2v) is 5.55. The maximum absolute atomic E-state index is 6.01. The van der Waals surface area contributed by atoms with Crippen LogP contribution in [0.2, 0.25) is 5.02 Å². The number of nitrogens with zero attached hydrogens (tertiary/aromatic N) is 2. The van der Waals surface area contributed by atoms with Gasteiger partial charge in [-0.3, -0.25) is 0 Å². The van der Waals surface area contributed by atoms with E-state index in [1.807, 2.05) is 12.1 Å². The predicted molar refractivity (Wildman–Crippen MR) is 78.7 cm³/mol. The average Bonchev–Trinajstić information content (AvgIpc) is 2.79. The van der Waals surface area contributed by atoms with Crippen molar-refractivity contribution < 1.29 is 4.42 Å². The molecule has 1 aromatic heterocycles. The number of anilines is 2. The Balaban J connectivity index is 2.01. The van der Waals surface area contributed by atoms with Crippen LogP contribution in [0.5, 0.6) is 0 Å². The van der Waals surface area contributed by atoms with Crippen LogP contribution in [-0.2, 0) is 6.54 Å². The van der Waals surface area contributed by atoms with Crippen LogP contribution >= 0.6 is 27.5 Å². The molecule has 0 bridgehead atoms. The van der Waals surface area contributed by atoms with E-state index >= 15 is 0 Å². The van der Waals surface area contributed by atoms with E-state index in [4.69, 9.17) is 16.0 Å². The van der Waals surface area contributed by atoms with E-state index in [0.29, 0.717) is 29.5 Å². The Labute approximate surface area is 124 Å². The molecule has 1 aromatic carbocycles. The molecule has 2 aromatic rings. The van der Waals surface area contributed by atoms with Gasteiger partial charge in [0.2, 0.25) is 5.89 Å². The van der Waals surface area contributed by atoms with Gasteiger partial charge in [-0.2, -0.15) is 0 Å². The number of aromatic nitrogens is 2. The van der Waals surface area contributed by atoms with Gasteiger partial charge in [-0.15, -0.1) is 5.10 Å². The van der Waals surface area contributed by atoms with Crippen molar-refractivity contribution in [1.82, 2.24) is 15.5 Å². The summed E-state index contributed by atoms with van der Waals surface area (Å²) < 4.78 is 6.30. The van der Waals surface area contributed by atoms with Crippen molar-refractivity contribution in [3.63, 3.8) is 0 Å². The highest BCUT2D eigenvalue weighted by Crippen LogP contribution is 2.26. The molecule has 0 atom stereocenters. The van der Waals surface area contributed by atoms with E-state index in [-0.39, 0.29) is 0 Å². The Morgan fingerprint density at radius 2 is 2.16 bits per heavy atom. The summed E-state index contributed by atoms with van der Waals surface area (Å²) in [6, 6.07) is 6.21. The summed E-state index contributed by atoms with van der Waals surface area (Å²) in [4.78, 5) is 0. The summed E-state index contributed by atoms with van der Waals surface area (Å²) in [7, 11) is 0. The Bertz CT molecular complexity index is 558. The van der Waals surface area contributed by atoms with Gasteiger partial charge in [-0.25, -0.2) is 0 Å². The molecule has 19 heavy (non-hydrogen) atoms. The summed E-state index contributed by atoms with van der Waals surface area (Å²) in [5.41, 5.74) is 0.792. The topological polar surface area (TPSA) is 63.0 Å². The van der Waals surface area contributed by atoms with Gasteiger partial charge in [-0.05, 0) is 34.1 Å². The standard InChI is InChI=1S/C12H14BrClN4O/c1-7(2)15-6-11-17-18-12(19-11)16-8-3-4-9(13)10(14)5-8/h3-5,7,15H,6H2,1-2H3,(H,16,18). The monoisotopic (exact) mass is 344 g/mol. The van der Waals surface area contributed by atoms with Gasteiger partial charge in [0.15, 0.2) is 0 Å². The fourth-order valence-electron chi connectivity index (χ4n) is 1.36. The summed E-state index contributed by atoms with van der Waals surface area (Å²) in [6.07, 6.45) is 0. The van der Waals surface area contributed by atoms with E-state index in [1.165, 1.54) is 0 Å². The van der Waals surface area contributed by atoms with Crippen molar-refractivity contribution in [2.24, 2.45) is 0 Å². The van der Waals surface area contributed by atoms with Crippen LogP contribution in [0, 0.1) is 0 Å². The molecule has 0 saturated heterocycles. The second-order valence-electron chi connectivity index (χ2n) is 4.29. The lowest BCUT2D eigenvalue weighted by Gasteiger charge is -2.04. The van der Waals surface area contributed by atoms with E-state index in [1.54, 1.807) is 6.07 Å². The van der Waals surface area contributed by atoms with Gasteiger partial charge < -0.3 is 15.1 Å². The SMILES string of the molecule is CC(C)NCc1nnc(Nc2ccc(Br)c(Cl)c2)o1. The zero-order valence-electron chi connectivity index (χ0n) is 10.6. The summed E-state index contributed by atoms with van der Waals surface area (Å²) in [6.45, 7) is 4.66. The van der Waals surface area contributed by atoms with Crippen LogP contribution < -0.4 is 10.6 Å². The van der Waals surface area contributed by atoms with Crippen molar-refractivity contribution in [1.29, 1.82) is 0 Å². The van der Waals surface area contributed by atoms with Crippen molar-refractivity contribution in [3.8, 4) is 0 Å². The third kappa shape index (κ3) is 4.19. The molecule has 0 aliphatic rings. The first-order valence-electron chi connectivity index (χ1n) is 5.82. The number of hydrogen-bond donors (Lipinski definition) is 2. The Hall–Kier alpha value is -1.11. The molecule has 1 heterocycles. The largest absolute Gasteiger partial charge is 0.406 e. The van der Waals surface area contributed by atoms with Gasteiger partial charge in [-0.1, -0.05) is 30.5 Å². The molecule has 5 nitrogen and oxygen atoms in total. The molecule has 102 valence electrons. The minimum atomic E-state index is 0.346. The van der Waals surface area contributed by atoms with Crippen LogP contribution in [0.4, 0.5) is 11.7 Å². The first kappa shape index (κ1) is 14.3. The van der Waals surface area contributed by atoms with Crippen molar-refractivity contribution in [2.45, 2.75) is 26.4 Å². The summed E-state index contributed by atoms with van der Waals surface area (Å²) in [5, 5.41) is 14.7. The van der Waals surface area contributed by atoms with E-state index < -0.39 is 0 Å². The zero-order valence-corrected chi connectivity index (χ0v) is 12.9. The van der Waals surface area contributed by atoms with E-state index in [2.05, 4.69) is 50.6 Å². The van der Waals surface area contributed by atoms with Gasteiger partial charge in [0.25, 0.3) is 0 Å². The van der Waals surface area contributed by atoms with Crippen molar-refractivity contribution in [2.75, 3.05) is 5.32 Å². The van der Waals surface area contributed by atoms with Gasteiger partial charge in [0.05, 0.1) is 11.6 Å². The Morgan fingerprint density at radius 1 is 1.37 bits per heavy atom. The Kier molecular flexibility index (Phi) is 4.79. The summed E-state index contributed by atoms with van der Waals surface area (Å²) >= 11 is 9.34. The quantitative estimate of drug-likeness (QED) is 0.864. The molecule has 0 radical (unpaired) electrons. The molecule has 0 saturated carbocycles. The maximum Gasteiger partial charge on any atom is 0.320 e. The fraction of sp³-hybridized carbons (Fsp3) is 0.333. The van der Waals surface area contributed by atoms with Crippen LogP contribution in [0.1, 0.15) is 19.7 Å². The van der Waals surface area contributed by atoms with Crippen LogP contribution in [0.15, 0.2) is 27.1 Å². The summed E-state index contributed by atoms with van der Waals surface area (Å²) in [5.74, 6) is 0.541. The van der Waals surface area contributed by atoms with Crippen molar-refractivity contribution in [3.05, 3.63) is 33.6 Å². The third-order valence-corrected chi connectivity index (χ3v) is 3.53. The highest BCUT2D eigenvalue weighted by Gasteiger charge is 2.07. The molecule has 0 fully saturated rings. The molecule has 0 spiro atoms. The van der Waals surface area contributed by atoms with Crippen LogP contribution in [-0.4, -0.2) is 16.2 Å². The molecule has 0 aliphatic heterocycles. The lowest BCUT2D eigenvalue weighted by atomic mass is 10.3. The molecule has 0 amide bonds. The van der Waals surface area contributed by atoms with Gasteiger partial charge in [0, 0.05) is 16.2 Å². The number of halogens is 2. The molecular formula is C12H14BrClN4O. The smallest absolute Gasteiger partial charge is 0.320 e. The first-order chi connectivity index (χ1) is 9.04. The first-order valence-corrected chi connectivity index (χ1v) is 6.99. The van der Waals surface area contributed by atoms with E-state index in [9.17, 15) is 0 Å². The normalized spacial score (nSPS) is 11.0. The molecule has 2 N–H and O–H groups in total. The van der Waals surface area contributed by atoms with E-state index in [0.717, 1.165) is 10.2 Å². The van der Waals surface area contributed by atoms with Crippen LogP contribution in [0.25, 0.3) is 0 Å². The number of hydrogen-bond acceptors (Lipinski definition) is 5. The highest BCUT2D eigenvalue weighted by atomic mass is 79.9. The Morgan fingerprint density at radius 3 is 2.84 bits per heavy atom. The molecule has 7 heteroatoms. The van der Waals surface area contributed by atoms with Crippen molar-refractivity contribution >= 4 is 39.2 Å². The third-order valence-electron chi connectivity index (χ3n) is 2.30. The minimum Gasteiger partial charge on any atom is -0.406 e. The van der Waals surface area contributed by atoms with Crippen LogP contribution in [0.3, 0.4) is 0 Å². The fourth-order valence-corrected chi connectivity index (χ4v) is 1.79. The second kappa shape index (κ2) is 6.36. The minimum absolute atomic E-state index is 0.346. The van der Waals surface area contributed by atoms with Gasteiger partial charge in [0.1, 0.15) is 0 Å². The van der Waals surface area contributed by atoms with Gasteiger partial charge >= 0.3 is 6.01 Å². The number of rotatable bonds is 5. The molecular weight excluding hydrogens is 332 g/mol. The number of benzene rings is 1. The molecule has 0 unspecified atom stereocenters. The predicted octanol–water partition coefficient (Wildman–Crippen LogP) is 3.73. The highest BCUT2D eigenvalue weighted by molar-refractivity contribution is 9.10. The lowest BCUT2D eigenvalue weighted by Crippen LogP contribution is -2.21. The maximum atomic E-state index is 6.01. The average molecular weight is 346 g/mol. The zero-order chi connectivity index (χ0) is 13.8. The molecule has 0 aliphatic carbocycles.